The monoisotopic (exact) mass is 424 g/mol. The molecule has 1 aromatic carbocycles. The quantitative estimate of drug-likeness (QED) is 0.386. The van der Waals surface area contributed by atoms with E-state index in [1.807, 2.05) is 26.0 Å². The van der Waals surface area contributed by atoms with Crippen molar-refractivity contribution >= 4 is 18.4 Å². The molecule has 3 rings (SSSR count). The van der Waals surface area contributed by atoms with Gasteiger partial charge in [0.25, 0.3) is 10.1 Å². The van der Waals surface area contributed by atoms with E-state index >= 15 is 0 Å². The van der Waals surface area contributed by atoms with E-state index in [0.717, 1.165) is 43.0 Å². The Balaban J connectivity index is 1.69. The van der Waals surface area contributed by atoms with Gasteiger partial charge in [-0.05, 0) is 81.1 Å². The van der Waals surface area contributed by atoms with Gasteiger partial charge in [0.05, 0.1) is 11.0 Å². The second-order valence-electron chi connectivity index (χ2n) is 8.87. The van der Waals surface area contributed by atoms with Crippen LogP contribution in [-0.2, 0) is 18.7 Å². The van der Waals surface area contributed by atoms with Gasteiger partial charge in [-0.1, -0.05) is 38.5 Å². The number of benzene rings is 1. The van der Waals surface area contributed by atoms with Crippen molar-refractivity contribution in [3.63, 3.8) is 0 Å². The number of hydrogen-bond donors (Lipinski definition) is 0. The zero-order valence-corrected chi connectivity index (χ0v) is 19.8. The topological polar surface area (TPSA) is 52.6 Å². The molecule has 0 N–H and O–H groups in total. The fourth-order valence-corrected chi connectivity index (χ4v) is 9.40. The molecule has 158 valence electrons. The summed E-state index contributed by atoms with van der Waals surface area (Å²) in [5.74, 6) is 1.36. The maximum Gasteiger partial charge on any atom is 0.297 e. The van der Waals surface area contributed by atoms with Crippen LogP contribution in [-0.4, -0.2) is 28.9 Å². The number of hydrogen-bond acceptors (Lipinski definition) is 4. The summed E-state index contributed by atoms with van der Waals surface area (Å²) in [4.78, 5) is 0.246. The minimum Gasteiger partial charge on any atom is -0.414 e. The summed E-state index contributed by atoms with van der Waals surface area (Å²) in [7, 11) is -5.38. The predicted molar refractivity (Wildman–Crippen MR) is 115 cm³/mol. The van der Waals surface area contributed by atoms with Crippen LogP contribution in [0.3, 0.4) is 0 Å². The van der Waals surface area contributed by atoms with Crippen molar-refractivity contribution in [2.24, 2.45) is 17.8 Å². The molecule has 2 aliphatic carbocycles. The number of rotatable bonds is 9. The van der Waals surface area contributed by atoms with Crippen LogP contribution >= 0.6 is 0 Å². The molecule has 0 heterocycles. The maximum atomic E-state index is 12.7. The van der Waals surface area contributed by atoms with Crippen LogP contribution < -0.4 is 0 Å². The fraction of sp³-hybridized carbons (Fsp3) is 0.727. The lowest BCUT2D eigenvalue weighted by Crippen LogP contribution is -2.44. The average Bonchev–Trinajstić information content (AvgIpc) is 3.26. The molecule has 4 nitrogen and oxygen atoms in total. The first-order valence-electron chi connectivity index (χ1n) is 10.9. The van der Waals surface area contributed by atoms with E-state index in [1.165, 1.54) is 0 Å². The minimum atomic E-state index is -3.73. The summed E-state index contributed by atoms with van der Waals surface area (Å²) >= 11 is 0. The van der Waals surface area contributed by atoms with Crippen molar-refractivity contribution in [2.75, 3.05) is 0 Å². The molecular formula is C22H36O4SSi. The van der Waals surface area contributed by atoms with Crippen LogP contribution in [0.4, 0.5) is 0 Å². The molecule has 0 radical (unpaired) electrons. The lowest BCUT2D eigenvalue weighted by molar-refractivity contribution is 0.0407. The third kappa shape index (κ3) is 4.40. The lowest BCUT2D eigenvalue weighted by Gasteiger charge is -2.39. The van der Waals surface area contributed by atoms with Crippen molar-refractivity contribution < 1.29 is 17.0 Å². The molecule has 0 saturated heterocycles. The zero-order valence-electron chi connectivity index (χ0n) is 18.0. The molecule has 0 aromatic heterocycles. The Morgan fingerprint density at radius 3 is 2.18 bits per heavy atom. The molecule has 6 heteroatoms. The molecule has 0 spiro atoms. The summed E-state index contributed by atoms with van der Waals surface area (Å²) in [5, 5.41) is 0. The smallest absolute Gasteiger partial charge is 0.297 e. The summed E-state index contributed by atoms with van der Waals surface area (Å²) < 4.78 is 37.9. The molecule has 0 aliphatic heterocycles. The SMILES string of the molecule is CC[Si](CC)(CC)O[C@H]1C[C@H]2C[C@@H]1[C@H]([C@@H](C)OS(=O)(=O)c1ccc(C)cc1)C2. The molecule has 28 heavy (non-hydrogen) atoms. The minimum absolute atomic E-state index is 0.246. The predicted octanol–water partition coefficient (Wildman–Crippen LogP) is 5.53. The Bertz CT molecular complexity index is 749. The van der Waals surface area contributed by atoms with Gasteiger partial charge in [-0.25, -0.2) is 0 Å². The van der Waals surface area contributed by atoms with Gasteiger partial charge in [-0.15, -0.1) is 0 Å². The van der Waals surface area contributed by atoms with E-state index in [2.05, 4.69) is 20.8 Å². The second-order valence-corrected chi connectivity index (χ2v) is 15.2. The maximum absolute atomic E-state index is 12.7. The highest BCUT2D eigenvalue weighted by Crippen LogP contribution is 2.52. The van der Waals surface area contributed by atoms with Gasteiger partial charge in [0, 0.05) is 6.10 Å². The Hall–Kier alpha value is -0.693. The van der Waals surface area contributed by atoms with E-state index in [1.54, 1.807) is 12.1 Å². The van der Waals surface area contributed by atoms with Gasteiger partial charge in [0.1, 0.15) is 0 Å². The van der Waals surface area contributed by atoms with Crippen LogP contribution in [0.2, 0.25) is 18.1 Å². The summed E-state index contributed by atoms with van der Waals surface area (Å²) in [5.41, 5.74) is 1.04. The van der Waals surface area contributed by atoms with Crippen molar-refractivity contribution in [3.8, 4) is 0 Å². The Kier molecular flexibility index (Phi) is 6.74. The molecule has 0 amide bonds. The summed E-state index contributed by atoms with van der Waals surface area (Å²) in [6, 6.07) is 10.4. The first kappa shape index (κ1) is 22.0. The largest absolute Gasteiger partial charge is 0.414 e. The molecule has 2 bridgehead atoms. The second kappa shape index (κ2) is 8.58. The van der Waals surface area contributed by atoms with E-state index in [-0.39, 0.29) is 16.9 Å². The van der Waals surface area contributed by atoms with Gasteiger partial charge in [0.2, 0.25) is 0 Å². The molecular weight excluding hydrogens is 388 g/mol. The highest BCUT2D eigenvalue weighted by molar-refractivity contribution is 7.86. The molecule has 1 aromatic rings. The van der Waals surface area contributed by atoms with E-state index in [0.29, 0.717) is 17.9 Å². The zero-order chi connectivity index (χ0) is 20.5. The van der Waals surface area contributed by atoms with Gasteiger partial charge in [0.15, 0.2) is 8.32 Å². The van der Waals surface area contributed by atoms with Crippen LogP contribution in [0.5, 0.6) is 0 Å². The summed E-state index contributed by atoms with van der Waals surface area (Å²) in [6.07, 6.45) is 3.36. The van der Waals surface area contributed by atoms with Crippen LogP contribution in [0, 0.1) is 24.7 Å². The third-order valence-electron chi connectivity index (χ3n) is 7.33. The van der Waals surface area contributed by atoms with Crippen LogP contribution in [0.1, 0.15) is 52.5 Å². The Labute approximate surface area is 172 Å². The first-order chi connectivity index (χ1) is 13.2. The molecule has 2 saturated carbocycles. The van der Waals surface area contributed by atoms with E-state index in [9.17, 15) is 8.42 Å². The standard InChI is InChI=1S/C22H36O4SSi/c1-6-28(7-2,8-3)26-22-15-18-13-20(21(22)14-18)17(5)25-27(23,24)19-11-9-16(4)10-12-19/h9-12,17-18,20-22H,6-8,13-15H2,1-5H3/t17-,18-,20+,21-,22+/m1/s1. The van der Waals surface area contributed by atoms with Crippen molar-refractivity contribution in [1.29, 1.82) is 0 Å². The van der Waals surface area contributed by atoms with Gasteiger partial charge < -0.3 is 4.43 Å². The normalized spacial score (nSPS) is 28.6. The van der Waals surface area contributed by atoms with Crippen LogP contribution in [0.25, 0.3) is 0 Å². The number of fused-ring (bicyclic) bond motifs is 2. The van der Waals surface area contributed by atoms with Crippen molar-refractivity contribution in [3.05, 3.63) is 29.8 Å². The average molecular weight is 425 g/mol. The van der Waals surface area contributed by atoms with Crippen molar-refractivity contribution in [1.82, 2.24) is 0 Å². The Morgan fingerprint density at radius 2 is 1.64 bits per heavy atom. The Morgan fingerprint density at radius 1 is 1.04 bits per heavy atom. The molecule has 2 fully saturated rings. The first-order valence-corrected chi connectivity index (χ1v) is 14.8. The van der Waals surface area contributed by atoms with E-state index < -0.39 is 18.4 Å². The van der Waals surface area contributed by atoms with Crippen molar-refractivity contribution in [2.45, 2.75) is 89.1 Å². The van der Waals surface area contributed by atoms with Gasteiger partial charge >= 0.3 is 0 Å². The molecule has 0 unspecified atom stereocenters. The number of aryl methyl sites for hydroxylation is 1. The fourth-order valence-electron chi connectivity index (χ4n) is 5.37. The van der Waals surface area contributed by atoms with E-state index in [4.69, 9.17) is 8.61 Å². The summed E-state index contributed by atoms with van der Waals surface area (Å²) in [6.45, 7) is 10.7. The van der Waals surface area contributed by atoms with Gasteiger partial charge in [-0.2, -0.15) is 8.42 Å². The molecule has 2 aliphatic rings. The third-order valence-corrected chi connectivity index (χ3v) is 13.4. The molecule has 5 atom stereocenters. The van der Waals surface area contributed by atoms with Gasteiger partial charge in [-0.3, -0.25) is 4.18 Å². The lowest BCUT2D eigenvalue weighted by atomic mass is 9.83. The highest BCUT2D eigenvalue weighted by Gasteiger charge is 2.51. The van der Waals surface area contributed by atoms with Crippen LogP contribution in [0.15, 0.2) is 29.2 Å². The highest BCUT2D eigenvalue weighted by atomic mass is 32.2.